The number of rotatable bonds is 9. The Morgan fingerprint density at radius 3 is 2.45 bits per heavy atom. The third-order valence-corrected chi connectivity index (χ3v) is 4.31. The second-order valence-corrected chi connectivity index (χ2v) is 6.51. The quantitative estimate of drug-likeness (QED) is 0.633. The van der Waals surface area contributed by atoms with Crippen molar-refractivity contribution in [3.63, 3.8) is 0 Å². The molecule has 2 aromatic rings. The summed E-state index contributed by atoms with van der Waals surface area (Å²) in [6.45, 7) is 3.22. The van der Waals surface area contributed by atoms with E-state index in [9.17, 15) is 14.4 Å². The molecule has 29 heavy (non-hydrogen) atoms. The van der Waals surface area contributed by atoms with Crippen molar-refractivity contribution in [2.45, 2.75) is 26.3 Å². The molecule has 0 aliphatic carbocycles. The predicted molar refractivity (Wildman–Crippen MR) is 109 cm³/mol. The van der Waals surface area contributed by atoms with Gasteiger partial charge in [0.1, 0.15) is 12.3 Å². The van der Waals surface area contributed by atoms with E-state index in [2.05, 4.69) is 10.6 Å². The van der Waals surface area contributed by atoms with Crippen molar-refractivity contribution >= 4 is 17.8 Å². The maximum absolute atomic E-state index is 12.1. The lowest BCUT2D eigenvalue weighted by molar-refractivity contribution is -0.147. The molecule has 0 spiro atoms. The van der Waals surface area contributed by atoms with E-state index >= 15 is 0 Å². The van der Waals surface area contributed by atoms with Crippen LogP contribution in [0.1, 0.15) is 40.9 Å². The lowest BCUT2D eigenvalue weighted by Gasteiger charge is -2.17. The molecule has 0 aliphatic rings. The van der Waals surface area contributed by atoms with E-state index in [1.165, 1.54) is 7.11 Å². The van der Waals surface area contributed by atoms with Crippen LogP contribution >= 0.6 is 0 Å². The number of nitrogens with one attached hydrogen (secondary N) is 2. The van der Waals surface area contributed by atoms with E-state index in [-0.39, 0.29) is 12.6 Å². The number of carbonyl (C=O) groups excluding carboxylic acids is 3. The molecule has 0 saturated carbocycles. The molecule has 2 N–H and O–H groups in total. The molecular weight excluding hydrogens is 372 g/mol. The SMILES string of the molecule is CC[C@@H](NC(=O)COC(=O)CNC(=O)c1cccc(OC)c1)c1ccc(C)cc1. The fourth-order valence-corrected chi connectivity index (χ4v) is 2.67. The summed E-state index contributed by atoms with van der Waals surface area (Å²) in [6, 6.07) is 14.3. The minimum Gasteiger partial charge on any atom is -0.497 e. The van der Waals surface area contributed by atoms with Gasteiger partial charge in [-0.2, -0.15) is 0 Å². The summed E-state index contributed by atoms with van der Waals surface area (Å²) < 4.78 is 10.0. The highest BCUT2D eigenvalue weighted by Gasteiger charge is 2.15. The average molecular weight is 398 g/mol. The Kier molecular flexibility index (Phi) is 8.21. The molecule has 7 nitrogen and oxygen atoms in total. The molecule has 7 heteroatoms. The number of esters is 1. The van der Waals surface area contributed by atoms with Gasteiger partial charge in [0.25, 0.3) is 11.8 Å². The molecule has 0 aliphatic heterocycles. The standard InChI is InChI=1S/C22H26N2O5/c1-4-19(16-10-8-15(2)9-11-16)24-20(25)14-29-21(26)13-23-22(27)17-6-5-7-18(12-17)28-3/h5-12,19H,4,13-14H2,1-3H3,(H,23,27)(H,24,25)/t19-/m1/s1. The minimum absolute atomic E-state index is 0.158. The van der Waals surface area contributed by atoms with Crippen molar-refractivity contribution in [3.05, 3.63) is 65.2 Å². The molecule has 0 heterocycles. The third-order valence-electron chi connectivity index (χ3n) is 4.31. The molecule has 2 aromatic carbocycles. The summed E-state index contributed by atoms with van der Waals surface area (Å²) in [5, 5.41) is 5.30. The van der Waals surface area contributed by atoms with Gasteiger partial charge in [-0.05, 0) is 37.1 Å². The molecule has 0 radical (unpaired) electrons. The Labute approximate surface area is 170 Å². The van der Waals surface area contributed by atoms with E-state index < -0.39 is 24.4 Å². The van der Waals surface area contributed by atoms with Crippen LogP contribution in [0.5, 0.6) is 5.75 Å². The molecule has 0 bridgehead atoms. The maximum atomic E-state index is 12.1. The van der Waals surface area contributed by atoms with Crippen LogP contribution in [0.4, 0.5) is 0 Å². The Bertz CT molecular complexity index is 849. The molecule has 0 fully saturated rings. The van der Waals surface area contributed by atoms with Gasteiger partial charge < -0.3 is 20.1 Å². The number of amides is 2. The Balaban J connectivity index is 1.76. The van der Waals surface area contributed by atoms with Gasteiger partial charge in [-0.3, -0.25) is 14.4 Å². The lowest BCUT2D eigenvalue weighted by atomic mass is 10.0. The number of benzene rings is 2. The van der Waals surface area contributed by atoms with Crippen LogP contribution in [0.3, 0.4) is 0 Å². The molecule has 154 valence electrons. The van der Waals surface area contributed by atoms with Gasteiger partial charge >= 0.3 is 5.97 Å². The average Bonchev–Trinajstić information content (AvgIpc) is 2.75. The highest BCUT2D eigenvalue weighted by atomic mass is 16.5. The van der Waals surface area contributed by atoms with Crippen molar-refractivity contribution in [3.8, 4) is 5.75 Å². The first-order valence-corrected chi connectivity index (χ1v) is 9.36. The fourth-order valence-electron chi connectivity index (χ4n) is 2.67. The van der Waals surface area contributed by atoms with Crippen LogP contribution in [-0.2, 0) is 14.3 Å². The smallest absolute Gasteiger partial charge is 0.325 e. The van der Waals surface area contributed by atoms with E-state index in [0.717, 1.165) is 11.1 Å². The minimum atomic E-state index is -0.695. The van der Waals surface area contributed by atoms with Gasteiger partial charge in [0.15, 0.2) is 6.61 Å². The number of methoxy groups -OCH3 is 1. The highest BCUT2D eigenvalue weighted by molar-refractivity contribution is 5.96. The van der Waals surface area contributed by atoms with E-state index in [0.29, 0.717) is 17.7 Å². The number of carbonyl (C=O) groups is 3. The molecule has 2 amide bonds. The van der Waals surface area contributed by atoms with Gasteiger partial charge in [-0.1, -0.05) is 42.8 Å². The zero-order valence-corrected chi connectivity index (χ0v) is 16.9. The third kappa shape index (κ3) is 6.95. The maximum Gasteiger partial charge on any atom is 0.325 e. The number of hydrogen-bond acceptors (Lipinski definition) is 5. The first-order chi connectivity index (χ1) is 13.9. The molecular formula is C22H26N2O5. The molecule has 2 rings (SSSR count). The van der Waals surface area contributed by atoms with E-state index in [4.69, 9.17) is 9.47 Å². The normalized spacial score (nSPS) is 11.3. The van der Waals surface area contributed by atoms with Crippen molar-refractivity contribution in [2.75, 3.05) is 20.3 Å². The second-order valence-electron chi connectivity index (χ2n) is 6.51. The summed E-state index contributed by atoms with van der Waals surface area (Å²) >= 11 is 0. The monoisotopic (exact) mass is 398 g/mol. The summed E-state index contributed by atoms with van der Waals surface area (Å²) in [5.74, 6) is -0.989. The van der Waals surface area contributed by atoms with Gasteiger partial charge in [-0.25, -0.2) is 0 Å². The Hall–Kier alpha value is -3.35. The van der Waals surface area contributed by atoms with Crippen molar-refractivity contribution in [2.24, 2.45) is 0 Å². The zero-order valence-electron chi connectivity index (χ0n) is 16.9. The highest BCUT2D eigenvalue weighted by Crippen LogP contribution is 2.17. The van der Waals surface area contributed by atoms with Crippen molar-refractivity contribution in [1.82, 2.24) is 10.6 Å². The molecule has 0 aromatic heterocycles. The van der Waals surface area contributed by atoms with E-state index in [1.54, 1.807) is 24.3 Å². The Morgan fingerprint density at radius 1 is 1.07 bits per heavy atom. The number of aryl methyl sites for hydroxylation is 1. The summed E-state index contributed by atoms with van der Waals surface area (Å²) in [4.78, 5) is 36.0. The lowest BCUT2D eigenvalue weighted by Crippen LogP contribution is -2.35. The van der Waals surface area contributed by atoms with Gasteiger partial charge in [0.05, 0.1) is 13.2 Å². The summed E-state index contributed by atoms with van der Waals surface area (Å²) in [6.07, 6.45) is 0.708. The van der Waals surface area contributed by atoms with Crippen LogP contribution in [0.25, 0.3) is 0 Å². The Morgan fingerprint density at radius 2 is 1.79 bits per heavy atom. The van der Waals surface area contributed by atoms with Gasteiger partial charge in [0.2, 0.25) is 0 Å². The van der Waals surface area contributed by atoms with Crippen molar-refractivity contribution < 1.29 is 23.9 Å². The fraction of sp³-hybridized carbons (Fsp3) is 0.318. The molecule has 0 unspecified atom stereocenters. The first-order valence-electron chi connectivity index (χ1n) is 9.36. The van der Waals surface area contributed by atoms with Crippen molar-refractivity contribution in [1.29, 1.82) is 0 Å². The largest absolute Gasteiger partial charge is 0.497 e. The summed E-state index contributed by atoms with van der Waals surface area (Å²) in [7, 11) is 1.50. The first kappa shape index (κ1) is 21.9. The van der Waals surface area contributed by atoms with Gasteiger partial charge in [-0.15, -0.1) is 0 Å². The molecule has 0 saturated heterocycles. The number of hydrogen-bond donors (Lipinski definition) is 2. The predicted octanol–water partition coefficient (Wildman–Crippen LogP) is 2.54. The second kappa shape index (κ2) is 10.8. The van der Waals surface area contributed by atoms with Crippen LogP contribution < -0.4 is 15.4 Å². The molecule has 1 atom stereocenters. The zero-order chi connectivity index (χ0) is 21.2. The van der Waals surface area contributed by atoms with Crippen LogP contribution in [0.2, 0.25) is 0 Å². The van der Waals surface area contributed by atoms with Gasteiger partial charge in [0, 0.05) is 5.56 Å². The van der Waals surface area contributed by atoms with Crippen LogP contribution in [0, 0.1) is 6.92 Å². The van der Waals surface area contributed by atoms with Crippen LogP contribution in [-0.4, -0.2) is 38.0 Å². The summed E-state index contributed by atoms with van der Waals surface area (Å²) in [5.41, 5.74) is 2.49. The number of ether oxygens (including phenoxy) is 2. The topological polar surface area (TPSA) is 93.7 Å². The van der Waals surface area contributed by atoms with E-state index in [1.807, 2.05) is 38.1 Å². The van der Waals surface area contributed by atoms with Crippen LogP contribution in [0.15, 0.2) is 48.5 Å².